The van der Waals surface area contributed by atoms with Gasteiger partial charge in [0.1, 0.15) is 0 Å². The van der Waals surface area contributed by atoms with E-state index in [2.05, 4.69) is 42.6 Å². The third kappa shape index (κ3) is 2.53. The minimum atomic E-state index is -0.103. The predicted molar refractivity (Wildman–Crippen MR) is 71.1 cm³/mol. The van der Waals surface area contributed by atoms with Gasteiger partial charge < -0.3 is 10.4 Å². The monoisotopic (exact) mass is 233 g/mol. The number of nitrogens with one attached hydrogen (secondary N) is 1. The first-order chi connectivity index (χ1) is 8.32. The summed E-state index contributed by atoms with van der Waals surface area (Å²) >= 11 is 0. The van der Waals surface area contributed by atoms with Crippen molar-refractivity contribution in [2.24, 2.45) is 0 Å². The highest BCUT2D eigenvalue weighted by atomic mass is 16.3. The van der Waals surface area contributed by atoms with Crippen molar-refractivity contribution >= 4 is 0 Å². The highest BCUT2D eigenvalue weighted by Gasteiger charge is 2.40. The van der Waals surface area contributed by atoms with E-state index in [1.54, 1.807) is 0 Å². The molecule has 0 aromatic heterocycles. The van der Waals surface area contributed by atoms with Crippen LogP contribution in [0.2, 0.25) is 0 Å². The predicted octanol–water partition coefficient (Wildman–Crippen LogP) is 2.68. The lowest BCUT2D eigenvalue weighted by Gasteiger charge is -2.44. The van der Waals surface area contributed by atoms with Crippen molar-refractivity contribution in [3.05, 3.63) is 35.9 Å². The fourth-order valence-corrected chi connectivity index (χ4v) is 3.22. The Morgan fingerprint density at radius 3 is 2.71 bits per heavy atom. The van der Waals surface area contributed by atoms with Gasteiger partial charge in [0.05, 0.1) is 6.61 Å². The van der Waals surface area contributed by atoms with Crippen LogP contribution in [0, 0.1) is 0 Å². The maximum absolute atomic E-state index is 9.84. The fourth-order valence-electron chi connectivity index (χ4n) is 3.22. The van der Waals surface area contributed by atoms with E-state index < -0.39 is 0 Å². The van der Waals surface area contributed by atoms with Crippen LogP contribution in [0.3, 0.4) is 0 Å². The summed E-state index contributed by atoms with van der Waals surface area (Å²) in [5, 5.41) is 13.4. The van der Waals surface area contributed by atoms with Crippen LogP contribution in [0.1, 0.15) is 44.1 Å². The van der Waals surface area contributed by atoms with Crippen molar-refractivity contribution in [2.75, 3.05) is 13.2 Å². The van der Waals surface area contributed by atoms with Crippen LogP contribution in [-0.2, 0) is 0 Å². The Morgan fingerprint density at radius 2 is 2.06 bits per heavy atom. The quantitative estimate of drug-likeness (QED) is 0.838. The van der Waals surface area contributed by atoms with E-state index in [9.17, 15) is 5.11 Å². The molecule has 1 saturated carbocycles. The number of rotatable bonds is 4. The number of hydrogen-bond donors (Lipinski definition) is 2. The van der Waals surface area contributed by atoms with Gasteiger partial charge in [0.15, 0.2) is 0 Å². The minimum Gasteiger partial charge on any atom is -0.394 e. The summed E-state index contributed by atoms with van der Waals surface area (Å²) in [7, 11) is 0. The zero-order valence-corrected chi connectivity index (χ0v) is 10.7. The van der Waals surface area contributed by atoms with Gasteiger partial charge in [0.25, 0.3) is 0 Å². The van der Waals surface area contributed by atoms with Gasteiger partial charge in [0.2, 0.25) is 0 Å². The first kappa shape index (κ1) is 12.6. The Bertz CT molecular complexity index is 334. The SMILES string of the molecule is CCNC1(CO)CCCCC1c1ccccc1. The topological polar surface area (TPSA) is 32.3 Å². The van der Waals surface area contributed by atoms with Crippen LogP contribution in [-0.4, -0.2) is 23.8 Å². The Kier molecular flexibility index (Phi) is 4.19. The number of likely N-dealkylation sites (N-methyl/N-ethyl adjacent to an activating group) is 1. The molecule has 2 nitrogen and oxygen atoms in total. The van der Waals surface area contributed by atoms with Gasteiger partial charge in [-0.3, -0.25) is 0 Å². The van der Waals surface area contributed by atoms with Crippen LogP contribution in [0.5, 0.6) is 0 Å². The van der Waals surface area contributed by atoms with Crippen LogP contribution in [0.15, 0.2) is 30.3 Å². The third-order valence-electron chi connectivity index (χ3n) is 4.05. The molecule has 2 heteroatoms. The summed E-state index contributed by atoms with van der Waals surface area (Å²) in [5.41, 5.74) is 1.26. The maximum Gasteiger partial charge on any atom is 0.0619 e. The third-order valence-corrected chi connectivity index (χ3v) is 4.05. The summed E-state index contributed by atoms with van der Waals surface area (Å²) in [5.74, 6) is 0.447. The van der Waals surface area contributed by atoms with Crippen molar-refractivity contribution in [2.45, 2.75) is 44.1 Å². The standard InChI is InChI=1S/C15H23NO/c1-2-16-15(12-17)11-7-6-10-14(15)13-8-4-3-5-9-13/h3-5,8-9,14,16-17H,2,6-7,10-12H2,1H3. The van der Waals surface area contributed by atoms with Crippen LogP contribution in [0.25, 0.3) is 0 Å². The highest BCUT2D eigenvalue weighted by Crippen LogP contribution is 2.40. The normalized spacial score (nSPS) is 29.2. The Balaban J connectivity index is 2.28. The molecule has 2 N–H and O–H groups in total. The summed E-state index contributed by atoms with van der Waals surface area (Å²) < 4.78 is 0. The molecule has 1 fully saturated rings. The van der Waals surface area contributed by atoms with Crippen LogP contribution < -0.4 is 5.32 Å². The highest BCUT2D eigenvalue weighted by molar-refractivity contribution is 5.25. The molecule has 0 heterocycles. The zero-order valence-electron chi connectivity index (χ0n) is 10.7. The maximum atomic E-state index is 9.84. The van der Waals surface area contributed by atoms with Gasteiger partial charge in [-0.05, 0) is 24.9 Å². The lowest BCUT2D eigenvalue weighted by Crippen LogP contribution is -2.54. The second kappa shape index (κ2) is 5.65. The molecule has 17 heavy (non-hydrogen) atoms. The van der Waals surface area contributed by atoms with Crippen molar-refractivity contribution in [3.63, 3.8) is 0 Å². The van der Waals surface area contributed by atoms with E-state index >= 15 is 0 Å². The average molecular weight is 233 g/mol. The van der Waals surface area contributed by atoms with Crippen molar-refractivity contribution in [1.29, 1.82) is 0 Å². The molecule has 0 bridgehead atoms. The number of aliphatic hydroxyl groups is 1. The molecule has 94 valence electrons. The van der Waals surface area contributed by atoms with Gasteiger partial charge in [-0.1, -0.05) is 50.1 Å². The molecule has 1 aromatic carbocycles. The first-order valence-electron chi connectivity index (χ1n) is 6.73. The second-order valence-corrected chi connectivity index (χ2v) is 5.05. The van der Waals surface area contributed by atoms with Gasteiger partial charge in [0, 0.05) is 11.5 Å². The summed E-state index contributed by atoms with van der Waals surface area (Å²) in [6.07, 6.45) is 4.75. The smallest absolute Gasteiger partial charge is 0.0619 e. The van der Waals surface area contributed by atoms with Crippen molar-refractivity contribution in [3.8, 4) is 0 Å². The van der Waals surface area contributed by atoms with Crippen LogP contribution in [0.4, 0.5) is 0 Å². The molecule has 1 aliphatic carbocycles. The van der Waals surface area contributed by atoms with Crippen LogP contribution >= 0.6 is 0 Å². The van der Waals surface area contributed by atoms with E-state index in [1.165, 1.54) is 24.8 Å². The van der Waals surface area contributed by atoms with Gasteiger partial charge >= 0.3 is 0 Å². The lowest BCUT2D eigenvalue weighted by molar-refractivity contribution is 0.101. The largest absolute Gasteiger partial charge is 0.394 e. The molecule has 0 amide bonds. The summed E-state index contributed by atoms with van der Waals surface area (Å²) in [4.78, 5) is 0. The molecular formula is C15H23NO. The van der Waals surface area contributed by atoms with Gasteiger partial charge in [-0.15, -0.1) is 0 Å². The molecule has 0 aliphatic heterocycles. The van der Waals surface area contributed by atoms with Gasteiger partial charge in [-0.2, -0.15) is 0 Å². The molecule has 0 saturated heterocycles. The summed E-state index contributed by atoms with van der Waals surface area (Å²) in [6, 6.07) is 10.6. The Labute approximate surface area is 104 Å². The summed E-state index contributed by atoms with van der Waals surface area (Å²) in [6.45, 7) is 3.28. The van der Waals surface area contributed by atoms with E-state index in [1.807, 2.05) is 0 Å². The molecule has 0 radical (unpaired) electrons. The minimum absolute atomic E-state index is 0.103. The van der Waals surface area contributed by atoms with Crippen molar-refractivity contribution in [1.82, 2.24) is 5.32 Å². The van der Waals surface area contributed by atoms with Crippen molar-refractivity contribution < 1.29 is 5.11 Å². The number of aliphatic hydroxyl groups excluding tert-OH is 1. The molecule has 2 atom stereocenters. The molecule has 1 aromatic rings. The first-order valence-corrected chi connectivity index (χ1v) is 6.73. The molecule has 2 unspecified atom stereocenters. The van der Waals surface area contributed by atoms with E-state index in [4.69, 9.17) is 0 Å². The molecule has 1 aliphatic rings. The van der Waals surface area contributed by atoms with E-state index in [-0.39, 0.29) is 12.1 Å². The second-order valence-electron chi connectivity index (χ2n) is 5.05. The number of benzene rings is 1. The Hall–Kier alpha value is -0.860. The lowest BCUT2D eigenvalue weighted by atomic mass is 9.70. The van der Waals surface area contributed by atoms with Gasteiger partial charge in [-0.25, -0.2) is 0 Å². The Morgan fingerprint density at radius 1 is 1.29 bits per heavy atom. The molecular weight excluding hydrogens is 210 g/mol. The molecule has 0 spiro atoms. The number of hydrogen-bond acceptors (Lipinski definition) is 2. The average Bonchev–Trinajstić information content (AvgIpc) is 2.40. The fraction of sp³-hybridized carbons (Fsp3) is 0.600. The van der Waals surface area contributed by atoms with E-state index in [0.717, 1.165) is 13.0 Å². The zero-order chi connectivity index (χ0) is 12.1. The van der Waals surface area contributed by atoms with E-state index in [0.29, 0.717) is 5.92 Å². The molecule has 2 rings (SSSR count).